The minimum atomic E-state index is -0.688. The van der Waals surface area contributed by atoms with E-state index in [0.717, 1.165) is 22.9 Å². The maximum absolute atomic E-state index is 11.4. The summed E-state index contributed by atoms with van der Waals surface area (Å²) in [5, 5.41) is 27.3. The number of rotatable bonds is 7. The second-order valence-corrected chi connectivity index (χ2v) is 7.23. The topological polar surface area (TPSA) is 115 Å². The second kappa shape index (κ2) is 10.8. The van der Waals surface area contributed by atoms with Crippen molar-refractivity contribution in [2.45, 2.75) is 20.4 Å². The van der Waals surface area contributed by atoms with Gasteiger partial charge < -0.3 is 17.0 Å². The summed E-state index contributed by atoms with van der Waals surface area (Å²) in [6.45, 7) is 4.38. The van der Waals surface area contributed by atoms with Crippen LogP contribution in [0.2, 0.25) is 5.02 Å². The molecular weight excluding hydrogens is 502 g/mol. The lowest BCUT2D eigenvalue weighted by Crippen LogP contribution is -3.00. The molecule has 1 N–H and O–H groups in total. The Balaban J connectivity index is 0.00000363. The molecule has 0 saturated carbocycles. The minimum absolute atomic E-state index is 0. The Kier molecular flexibility index (Phi) is 8.39. The van der Waals surface area contributed by atoms with Crippen LogP contribution >= 0.6 is 11.6 Å². The maximum Gasteiger partial charge on any atom is 0.301 e. The van der Waals surface area contributed by atoms with E-state index in [1.807, 2.05) is 36.7 Å². The van der Waals surface area contributed by atoms with Crippen molar-refractivity contribution >= 4 is 34.4 Å². The van der Waals surface area contributed by atoms with Crippen LogP contribution in [0.3, 0.4) is 0 Å². The number of non-ortho nitro benzene ring substituents is 1. The van der Waals surface area contributed by atoms with E-state index in [-0.39, 0.29) is 28.4 Å². The third kappa shape index (κ3) is 5.86. The van der Waals surface area contributed by atoms with E-state index in [1.165, 1.54) is 12.1 Å². The van der Waals surface area contributed by atoms with Crippen LogP contribution in [0.25, 0.3) is 0 Å². The minimum Gasteiger partial charge on any atom is -1.00 e. The Hall–Kier alpha value is -3.37. The first-order chi connectivity index (χ1) is 14.8. The fraction of sp³-hybridized carbons (Fsp3) is 0.143. The molecule has 0 saturated heterocycles. The summed E-state index contributed by atoms with van der Waals surface area (Å²) in [5.74, 6) is 0. The van der Waals surface area contributed by atoms with Crippen LogP contribution in [-0.2, 0) is 6.54 Å². The van der Waals surface area contributed by atoms with E-state index in [4.69, 9.17) is 11.6 Å². The summed E-state index contributed by atoms with van der Waals surface area (Å²) < 4.78 is 2.01. The molecule has 0 atom stereocenters. The summed E-state index contributed by atoms with van der Waals surface area (Å²) in [6, 6.07) is 14.4. The van der Waals surface area contributed by atoms with E-state index in [2.05, 4.69) is 10.5 Å². The van der Waals surface area contributed by atoms with Gasteiger partial charge in [0, 0.05) is 35.2 Å². The average Bonchev–Trinajstić information content (AvgIpc) is 2.74. The smallest absolute Gasteiger partial charge is 0.301 e. The van der Waals surface area contributed by atoms with Gasteiger partial charge in [0.15, 0.2) is 18.4 Å². The standard InChI is InChI=1S/C21H19ClN5O4.BrH/c1-14-4-3-11-25(15(14)2)13-20(16-5-7-17(22)8-6-16)24-23-19-10-9-18(26(28)29)12-21(19)27(30)31;/h3-12,23H,13H2,1-2H3;1H/q+1;/p-1/b24-20-;. The normalized spacial score (nSPS) is 10.9. The lowest BCUT2D eigenvalue weighted by molar-refractivity contribution is -0.688. The Labute approximate surface area is 199 Å². The molecule has 0 radical (unpaired) electrons. The van der Waals surface area contributed by atoms with Crippen LogP contribution in [0.1, 0.15) is 16.8 Å². The van der Waals surface area contributed by atoms with Crippen molar-refractivity contribution in [1.82, 2.24) is 0 Å². The largest absolute Gasteiger partial charge is 1.00 e. The van der Waals surface area contributed by atoms with Gasteiger partial charge in [0.05, 0.1) is 15.9 Å². The van der Waals surface area contributed by atoms with Crippen molar-refractivity contribution in [1.29, 1.82) is 0 Å². The predicted octanol–water partition coefficient (Wildman–Crippen LogP) is 1.58. The zero-order valence-electron chi connectivity index (χ0n) is 17.2. The molecule has 3 aromatic rings. The monoisotopic (exact) mass is 519 g/mol. The highest BCUT2D eigenvalue weighted by Gasteiger charge is 2.20. The van der Waals surface area contributed by atoms with Crippen molar-refractivity contribution in [3.8, 4) is 0 Å². The van der Waals surface area contributed by atoms with E-state index in [9.17, 15) is 20.2 Å². The van der Waals surface area contributed by atoms with Crippen LogP contribution in [0.5, 0.6) is 0 Å². The molecule has 0 bridgehead atoms. The quantitative estimate of drug-likeness (QED) is 0.220. The molecule has 1 aromatic heterocycles. The SMILES string of the molecule is Cc1ccc[n+](C/C(=N/Nc2ccc([N+](=O)[O-])cc2[N+](=O)[O-])c2ccc(Cl)cc2)c1C.[Br-]. The first-order valence-electron chi connectivity index (χ1n) is 9.23. The maximum atomic E-state index is 11.4. The van der Waals surface area contributed by atoms with Crippen LogP contribution in [-0.4, -0.2) is 15.6 Å². The number of nitro groups is 2. The Morgan fingerprint density at radius 2 is 1.75 bits per heavy atom. The molecule has 166 valence electrons. The fourth-order valence-electron chi connectivity index (χ4n) is 2.92. The van der Waals surface area contributed by atoms with Gasteiger partial charge in [0.2, 0.25) is 0 Å². The van der Waals surface area contributed by atoms with Crippen LogP contribution < -0.4 is 27.0 Å². The molecule has 2 aromatic carbocycles. The predicted molar refractivity (Wildman–Crippen MR) is 117 cm³/mol. The molecule has 0 fully saturated rings. The third-order valence-electron chi connectivity index (χ3n) is 4.81. The number of halogens is 2. The number of hydrogen-bond acceptors (Lipinski definition) is 6. The summed E-state index contributed by atoms with van der Waals surface area (Å²) >= 11 is 6.00. The van der Waals surface area contributed by atoms with Crippen molar-refractivity contribution in [3.05, 3.63) is 103 Å². The van der Waals surface area contributed by atoms with Gasteiger partial charge in [-0.25, -0.2) is 0 Å². The zero-order chi connectivity index (χ0) is 22.5. The van der Waals surface area contributed by atoms with Crippen molar-refractivity contribution in [3.63, 3.8) is 0 Å². The number of hydrogen-bond donors (Lipinski definition) is 1. The summed E-state index contributed by atoms with van der Waals surface area (Å²) in [6.07, 6.45) is 1.92. The van der Waals surface area contributed by atoms with Gasteiger partial charge in [0.1, 0.15) is 11.4 Å². The molecule has 0 aliphatic heterocycles. The number of nitrogens with one attached hydrogen (secondary N) is 1. The van der Waals surface area contributed by atoms with E-state index >= 15 is 0 Å². The lowest BCUT2D eigenvalue weighted by atomic mass is 10.1. The van der Waals surface area contributed by atoms with Crippen molar-refractivity contribution < 1.29 is 31.4 Å². The molecule has 0 aliphatic carbocycles. The van der Waals surface area contributed by atoms with E-state index < -0.39 is 15.5 Å². The Morgan fingerprint density at radius 1 is 1.06 bits per heavy atom. The summed E-state index contributed by atoms with van der Waals surface area (Å²) in [7, 11) is 0. The number of hydrazone groups is 1. The Bertz CT molecular complexity index is 1190. The van der Waals surface area contributed by atoms with E-state index in [0.29, 0.717) is 17.3 Å². The number of aromatic nitrogens is 1. The van der Waals surface area contributed by atoms with Crippen molar-refractivity contribution in [2.24, 2.45) is 5.10 Å². The fourth-order valence-corrected chi connectivity index (χ4v) is 3.05. The van der Waals surface area contributed by atoms with E-state index in [1.54, 1.807) is 24.3 Å². The Morgan fingerprint density at radius 3 is 2.38 bits per heavy atom. The lowest BCUT2D eigenvalue weighted by Gasteiger charge is -2.08. The number of anilines is 1. The summed E-state index contributed by atoms with van der Waals surface area (Å²) in [5.41, 5.74) is 5.48. The van der Waals surface area contributed by atoms with Crippen LogP contribution in [0.4, 0.5) is 17.1 Å². The zero-order valence-corrected chi connectivity index (χ0v) is 19.5. The van der Waals surface area contributed by atoms with Gasteiger partial charge in [-0.1, -0.05) is 23.7 Å². The van der Waals surface area contributed by atoms with Gasteiger partial charge in [-0.2, -0.15) is 9.67 Å². The van der Waals surface area contributed by atoms with Gasteiger partial charge in [0.25, 0.3) is 5.69 Å². The first-order valence-corrected chi connectivity index (χ1v) is 9.61. The number of nitrogens with zero attached hydrogens (tertiary/aromatic N) is 4. The second-order valence-electron chi connectivity index (χ2n) is 6.80. The van der Waals surface area contributed by atoms with Crippen LogP contribution in [0, 0.1) is 34.1 Å². The average molecular weight is 521 g/mol. The molecular formula is C21H19BrClN5O4. The highest BCUT2D eigenvalue weighted by atomic mass is 79.9. The molecule has 32 heavy (non-hydrogen) atoms. The van der Waals surface area contributed by atoms with Gasteiger partial charge in [-0.15, -0.1) is 0 Å². The van der Waals surface area contributed by atoms with Gasteiger partial charge >= 0.3 is 5.69 Å². The molecule has 0 spiro atoms. The molecule has 9 nitrogen and oxygen atoms in total. The molecule has 11 heteroatoms. The van der Waals surface area contributed by atoms with Gasteiger partial charge in [-0.05, 0) is 31.2 Å². The van der Waals surface area contributed by atoms with Crippen LogP contribution in [0.15, 0.2) is 65.9 Å². The summed E-state index contributed by atoms with van der Waals surface area (Å²) in [4.78, 5) is 21.0. The number of nitro benzene ring substituents is 2. The molecule has 0 aliphatic rings. The van der Waals surface area contributed by atoms with Crippen molar-refractivity contribution in [2.75, 3.05) is 5.43 Å². The molecule has 1 heterocycles. The number of aryl methyl sites for hydroxylation is 1. The molecule has 0 amide bonds. The first kappa shape index (κ1) is 24.9. The number of benzene rings is 2. The third-order valence-corrected chi connectivity index (χ3v) is 5.06. The molecule has 3 rings (SSSR count). The molecule has 0 unspecified atom stereocenters. The highest BCUT2D eigenvalue weighted by Crippen LogP contribution is 2.29. The van der Waals surface area contributed by atoms with Gasteiger partial charge in [-0.3, -0.25) is 25.7 Å². The number of pyridine rings is 1. The highest BCUT2D eigenvalue weighted by molar-refractivity contribution is 6.30.